The number of rotatable bonds is 4. The average molecular weight is 226 g/mol. The Morgan fingerprint density at radius 2 is 2.06 bits per heavy atom. The van der Waals surface area contributed by atoms with Gasteiger partial charge in [0.15, 0.2) is 0 Å². The highest BCUT2D eigenvalue weighted by Gasteiger charge is 2.28. The van der Waals surface area contributed by atoms with Crippen LogP contribution in [0.15, 0.2) is 0 Å². The molecule has 1 aliphatic heterocycles. The summed E-state index contributed by atoms with van der Waals surface area (Å²) in [5.74, 6) is 1.25. The number of nitrogens with one attached hydrogen (secondary N) is 1. The predicted molar refractivity (Wildman–Crippen MR) is 61.9 cm³/mol. The molecule has 0 aromatic rings. The summed E-state index contributed by atoms with van der Waals surface area (Å²) in [5, 5.41) is 3.01. The van der Waals surface area contributed by atoms with Crippen molar-refractivity contribution in [2.45, 2.75) is 38.2 Å². The van der Waals surface area contributed by atoms with Crippen molar-refractivity contribution in [3.63, 3.8) is 0 Å². The lowest BCUT2D eigenvalue weighted by Gasteiger charge is -2.19. The zero-order valence-corrected chi connectivity index (χ0v) is 9.78. The minimum Gasteiger partial charge on any atom is -0.368 e. The van der Waals surface area contributed by atoms with Crippen LogP contribution in [0.25, 0.3) is 0 Å². The molecule has 1 saturated carbocycles. The summed E-state index contributed by atoms with van der Waals surface area (Å²) in [6.45, 7) is 2.26. The van der Waals surface area contributed by atoms with Crippen molar-refractivity contribution in [3.05, 3.63) is 0 Å². The molecule has 4 heteroatoms. The smallest absolute Gasteiger partial charge is 0.249 e. The van der Waals surface area contributed by atoms with Crippen LogP contribution in [0.1, 0.15) is 32.1 Å². The van der Waals surface area contributed by atoms with Gasteiger partial charge in [0, 0.05) is 13.2 Å². The van der Waals surface area contributed by atoms with Crippen molar-refractivity contribution in [1.82, 2.24) is 5.32 Å². The van der Waals surface area contributed by atoms with Crippen LogP contribution in [0.2, 0.25) is 0 Å². The van der Waals surface area contributed by atoms with E-state index in [1.54, 1.807) is 0 Å². The van der Waals surface area contributed by atoms with Gasteiger partial charge in [-0.3, -0.25) is 4.79 Å². The topological polar surface area (TPSA) is 64.3 Å². The first-order chi connectivity index (χ1) is 7.81. The van der Waals surface area contributed by atoms with E-state index in [-0.39, 0.29) is 12.0 Å². The van der Waals surface area contributed by atoms with Crippen LogP contribution in [0.4, 0.5) is 0 Å². The summed E-state index contributed by atoms with van der Waals surface area (Å²) in [6, 6.07) is 0. The third-order valence-electron chi connectivity index (χ3n) is 3.88. The lowest BCUT2D eigenvalue weighted by atomic mass is 9.96. The maximum Gasteiger partial charge on any atom is 0.249 e. The van der Waals surface area contributed by atoms with E-state index in [4.69, 9.17) is 10.5 Å². The SMILES string of the molecule is NCC1CCCC1CNC(=O)C1CCCO1. The van der Waals surface area contributed by atoms with Gasteiger partial charge < -0.3 is 15.8 Å². The maximum atomic E-state index is 11.7. The second kappa shape index (κ2) is 5.64. The van der Waals surface area contributed by atoms with Crippen LogP contribution in [-0.2, 0) is 9.53 Å². The minimum absolute atomic E-state index is 0.0696. The van der Waals surface area contributed by atoms with Crippen LogP contribution in [0.3, 0.4) is 0 Å². The first-order valence-electron chi connectivity index (χ1n) is 6.40. The molecule has 3 N–H and O–H groups in total. The van der Waals surface area contributed by atoms with Gasteiger partial charge in [-0.25, -0.2) is 0 Å². The summed E-state index contributed by atoms with van der Waals surface area (Å²) >= 11 is 0. The Hall–Kier alpha value is -0.610. The molecular weight excluding hydrogens is 204 g/mol. The number of amides is 1. The molecule has 0 aromatic carbocycles. The summed E-state index contributed by atoms with van der Waals surface area (Å²) < 4.78 is 5.35. The third kappa shape index (κ3) is 2.74. The van der Waals surface area contributed by atoms with Crippen LogP contribution >= 0.6 is 0 Å². The highest BCUT2D eigenvalue weighted by atomic mass is 16.5. The molecule has 2 rings (SSSR count). The molecular formula is C12H22N2O2. The number of ether oxygens (including phenoxy) is 1. The van der Waals surface area contributed by atoms with E-state index in [1.807, 2.05) is 0 Å². The van der Waals surface area contributed by atoms with Crippen LogP contribution in [0.5, 0.6) is 0 Å². The second-order valence-corrected chi connectivity index (χ2v) is 4.93. The minimum atomic E-state index is -0.197. The van der Waals surface area contributed by atoms with Crippen LogP contribution < -0.4 is 11.1 Å². The Balaban J connectivity index is 1.71. The fraction of sp³-hybridized carbons (Fsp3) is 0.917. The third-order valence-corrected chi connectivity index (χ3v) is 3.88. The van der Waals surface area contributed by atoms with Gasteiger partial charge in [-0.1, -0.05) is 6.42 Å². The molecule has 1 saturated heterocycles. The first-order valence-corrected chi connectivity index (χ1v) is 6.40. The Morgan fingerprint density at radius 3 is 2.75 bits per heavy atom. The summed E-state index contributed by atoms with van der Waals surface area (Å²) in [6.07, 6.45) is 5.36. The molecule has 1 heterocycles. The van der Waals surface area contributed by atoms with Gasteiger partial charge in [-0.05, 0) is 44.1 Å². The molecule has 4 nitrogen and oxygen atoms in total. The van der Waals surface area contributed by atoms with E-state index in [1.165, 1.54) is 19.3 Å². The molecule has 3 atom stereocenters. The van der Waals surface area contributed by atoms with Crippen molar-refractivity contribution in [2.75, 3.05) is 19.7 Å². The maximum absolute atomic E-state index is 11.7. The van der Waals surface area contributed by atoms with E-state index >= 15 is 0 Å². The van der Waals surface area contributed by atoms with Crippen LogP contribution in [0, 0.1) is 11.8 Å². The fourth-order valence-corrected chi connectivity index (χ4v) is 2.82. The molecule has 0 aromatic heterocycles. The Labute approximate surface area is 96.9 Å². The van der Waals surface area contributed by atoms with Gasteiger partial charge in [0.1, 0.15) is 6.10 Å². The molecule has 92 valence electrons. The number of hydrogen-bond acceptors (Lipinski definition) is 3. The van der Waals surface area contributed by atoms with E-state index < -0.39 is 0 Å². The lowest BCUT2D eigenvalue weighted by molar-refractivity contribution is -0.130. The molecule has 1 aliphatic carbocycles. The number of carbonyl (C=O) groups excluding carboxylic acids is 1. The molecule has 2 fully saturated rings. The van der Waals surface area contributed by atoms with Gasteiger partial charge in [-0.2, -0.15) is 0 Å². The molecule has 1 amide bonds. The number of nitrogens with two attached hydrogens (primary N) is 1. The van der Waals surface area contributed by atoms with Gasteiger partial charge in [-0.15, -0.1) is 0 Å². The zero-order valence-electron chi connectivity index (χ0n) is 9.78. The fourth-order valence-electron chi connectivity index (χ4n) is 2.82. The molecule has 0 radical (unpaired) electrons. The van der Waals surface area contributed by atoms with Crippen molar-refractivity contribution in [1.29, 1.82) is 0 Å². The average Bonchev–Trinajstić information content (AvgIpc) is 2.96. The normalized spacial score (nSPS) is 34.2. The summed E-state index contributed by atoms with van der Waals surface area (Å²) in [5.41, 5.74) is 5.72. The number of carbonyl (C=O) groups is 1. The summed E-state index contributed by atoms with van der Waals surface area (Å²) in [4.78, 5) is 11.7. The quantitative estimate of drug-likeness (QED) is 0.740. The Bertz CT molecular complexity index is 239. The summed E-state index contributed by atoms with van der Waals surface area (Å²) in [7, 11) is 0. The van der Waals surface area contributed by atoms with Crippen molar-refractivity contribution in [2.24, 2.45) is 17.6 Å². The van der Waals surface area contributed by atoms with Gasteiger partial charge >= 0.3 is 0 Å². The van der Waals surface area contributed by atoms with E-state index in [0.717, 1.165) is 32.5 Å². The van der Waals surface area contributed by atoms with Crippen molar-refractivity contribution in [3.8, 4) is 0 Å². The standard InChI is InChI=1S/C12H22N2O2/c13-7-9-3-1-4-10(9)8-14-12(15)11-5-2-6-16-11/h9-11H,1-8,13H2,(H,14,15). The van der Waals surface area contributed by atoms with Gasteiger partial charge in [0.25, 0.3) is 0 Å². The monoisotopic (exact) mass is 226 g/mol. The van der Waals surface area contributed by atoms with Gasteiger partial charge in [0.05, 0.1) is 0 Å². The Kier molecular flexibility index (Phi) is 4.18. The van der Waals surface area contributed by atoms with E-state index in [2.05, 4.69) is 5.32 Å². The zero-order chi connectivity index (χ0) is 11.4. The molecule has 16 heavy (non-hydrogen) atoms. The lowest BCUT2D eigenvalue weighted by Crippen LogP contribution is -2.38. The van der Waals surface area contributed by atoms with E-state index in [9.17, 15) is 4.79 Å². The Morgan fingerprint density at radius 1 is 1.25 bits per heavy atom. The van der Waals surface area contributed by atoms with Crippen molar-refractivity contribution < 1.29 is 9.53 Å². The largest absolute Gasteiger partial charge is 0.368 e. The molecule has 3 unspecified atom stereocenters. The molecule has 2 aliphatic rings. The highest BCUT2D eigenvalue weighted by molar-refractivity contribution is 5.80. The molecule has 0 spiro atoms. The highest BCUT2D eigenvalue weighted by Crippen LogP contribution is 2.30. The van der Waals surface area contributed by atoms with E-state index in [0.29, 0.717) is 11.8 Å². The first kappa shape index (κ1) is 11.9. The molecule has 0 bridgehead atoms. The van der Waals surface area contributed by atoms with Gasteiger partial charge in [0.2, 0.25) is 5.91 Å². The van der Waals surface area contributed by atoms with Crippen LogP contribution in [-0.4, -0.2) is 31.7 Å². The predicted octanol–water partition coefficient (Wildman–Crippen LogP) is 0.657. The number of hydrogen-bond donors (Lipinski definition) is 2. The second-order valence-electron chi connectivity index (χ2n) is 4.93. The van der Waals surface area contributed by atoms with Crippen molar-refractivity contribution >= 4 is 5.91 Å².